The lowest BCUT2D eigenvalue weighted by atomic mass is 10.0. The van der Waals surface area contributed by atoms with Gasteiger partial charge in [0.1, 0.15) is 13.2 Å². The molecular weight excluding hydrogens is 1150 g/mol. The van der Waals surface area contributed by atoms with Crippen molar-refractivity contribution in [3.05, 3.63) is 72.9 Å². The number of carbonyl (C=O) groups is 3. The van der Waals surface area contributed by atoms with Crippen LogP contribution in [-0.4, -0.2) is 87.4 Å². The Kier molecular flexibility index (Phi) is 71.9. The van der Waals surface area contributed by atoms with Gasteiger partial charge in [-0.1, -0.05) is 356 Å². The molecule has 0 aliphatic carbocycles. The van der Waals surface area contributed by atoms with E-state index < -0.39 is 18.4 Å². The molecule has 0 radical (unpaired) electrons. The fourth-order valence-electron chi connectivity index (χ4n) is 11.8. The molecule has 0 spiro atoms. The Morgan fingerprint density at radius 1 is 0.323 bits per heavy atom. The number of carboxylic acid groups (broad SMARTS) is 1. The number of quaternary nitrogens is 1. The number of unbranched alkanes of at least 4 members (excludes halogenated alkanes) is 48. The van der Waals surface area contributed by atoms with Gasteiger partial charge >= 0.3 is 17.9 Å². The third-order valence-corrected chi connectivity index (χ3v) is 17.9. The van der Waals surface area contributed by atoms with Gasteiger partial charge in [0.15, 0.2) is 6.10 Å². The summed E-state index contributed by atoms with van der Waals surface area (Å²) in [5.41, 5.74) is 0. The quantitative estimate of drug-likeness (QED) is 0.0211. The number of hydrogen-bond donors (Lipinski definition) is 1. The number of allylic oxidation sites excluding steroid dienone is 12. The van der Waals surface area contributed by atoms with Gasteiger partial charge in [0.25, 0.3) is 6.29 Å². The van der Waals surface area contributed by atoms with E-state index in [2.05, 4.69) is 86.8 Å². The fraction of sp³-hybridized carbons (Fsp3) is 0.821. The predicted molar refractivity (Wildman–Crippen MR) is 401 cm³/mol. The largest absolute Gasteiger partial charge is 0.477 e. The van der Waals surface area contributed by atoms with E-state index in [-0.39, 0.29) is 38.2 Å². The smallest absolute Gasteiger partial charge is 0.361 e. The van der Waals surface area contributed by atoms with Gasteiger partial charge in [-0.15, -0.1) is 0 Å². The molecular formula is C84H154NO8+. The van der Waals surface area contributed by atoms with Gasteiger partial charge in [-0.3, -0.25) is 9.59 Å². The first kappa shape index (κ1) is 89.7. The maximum Gasteiger partial charge on any atom is 0.361 e. The van der Waals surface area contributed by atoms with Crippen LogP contribution < -0.4 is 0 Å². The second-order valence-electron chi connectivity index (χ2n) is 28.4. The number of aliphatic carboxylic acids is 1. The molecule has 0 rings (SSSR count). The number of carbonyl (C=O) groups excluding carboxylic acids is 2. The molecule has 0 saturated heterocycles. The first-order chi connectivity index (χ1) is 45.6. The van der Waals surface area contributed by atoms with E-state index in [0.717, 1.165) is 64.2 Å². The Morgan fingerprint density at radius 2 is 0.581 bits per heavy atom. The molecule has 93 heavy (non-hydrogen) atoms. The van der Waals surface area contributed by atoms with Crippen LogP contribution in [0.15, 0.2) is 72.9 Å². The minimum Gasteiger partial charge on any atom is -0.477 e. The van der Waals surface area contributed by atoms with Crippen LogP contribution in [0.2, 0.25) is 0 Å². The van der Waals surface area contributed by atoms with Crippen molar-refractivity contribution < 1.29 is 42.9 Å². The molecule has 0 aliphatic rings. The molecule has 9 nitrogen and oxygen atoms in total. The summed E-state index contributed by atoms with van der Waals surface area (Å²) < 4.78 is 23.1. The van der Waals surface area contributed by atoms with Crippen molar-refractivity contribution in [1.82, 2.24) is 0 Å². The van der Waals surface area contributed by atoms with Crippen LogP contribution in [-0.2, 0) is 33.3 Å². The van der Waals surface area contributed by atoms with Crippen molar-refractivity contribution in [3.63, 3.8) is 0 Å². The summed E-state index contributed by atoms with van der Waals surface area (Å²) in [7, 11) is 5.99. The lowest BCUT2D eigenvalue weighted by molar-refractivity contribution is -0.870. The van der Waals surface area contributed by atoms with Crippen LogP contribution in [0, 0.1) is 0 Å². The zero-order chi connectivity index (χ0) is 67.5. The van der Waals surface area contributed by atoms with Crippen molar-refractivity contribution in [2.45, 2.75) is 399 Å². The Labute approximate surface area is 577 Å². The summed E-state index contributed by atoms with van der Waals surface area (Å²) in [6.07, 6.45) is 97.7. The normalized spacial score (nSPS) is 13.0. The van der Waals surface area contributed by atoms with Crippen molar-refractivity contribution in [2.24, 2.45) is 0 Å². The number of ether oxygens (including phenoxy) is 4. The highest BCUT2D eigenvalue weighted by atomic mass is 16.7. The standard InChI is InChI=1S/C84H153NO8/c1-6-8-10-12-14-16-18-20-22-24-26-28-30-32-34-36-38-39-40-41-42-43-45-47-49-51-53-55-57-59-61-63-65-67-69-71-73-75-82(87)93-80(79-92-84(83(88)89)90-77-76-85(3,4)5)78-91-81(86)74-72-70-68-66-64-62-60-58-56-54-52-50-48-46-44-37-35-33-31-29-27-25-23-21-19-17-15-13-11-9-7-2/h18-21,24-27,30-33,80,84H,6-17,22-23,28-29,34-79H2,1-5H3/p+1/b20-18-,21-19-,26-24-,27-25-,32-30-,33-31-. The van der Waals surface area contributed by atoms with Gasteiger partial charge in [-0.2, -0.15) is 0 Å². The van der Waals surface area contributed by atoms with Crippen LogP contribution in [0.3, 0.4) is 0 Å². The van der Waals surface area contributed by atoms with Gasteiger partial charge in [0.2, 0.25) is 0 Å². The number of likely N-dealkylation sites (N-methyl/N-ethyl adjacent to an activating group) is 1. The van der Waals surface area contributed by atoms with E-state index in [1.54, 1.807) is 0 Å². The van der Waals surface area contributed by atoms with Crippen molar-refractivity contribution in [2.75, 3.05) is 47.5 Å². The summed E-state index contributed by atoms with van der Waals surface area (Å²) in [4.78, 5) is 37.7. The Bertz CT molecular complexity index is 1760. The van der Waals surface area contributed by atoms with E-state index in [9.17, 15) is 19.5 Å². The zero-order valence-corrected chi connectivity index (χ0v) is 62.2. The van der Waals surface area contributed by atoms with Crippen LogP contribution in [0.4, 0.5) is 0 Å². The third-order valence-electron chi connectivity index (χ3n) is 17.9. The molecule has 0 heterocycles. The summed E-state index contributed by atoms with van der Waals surface area (Å²) >= 11 is 0. The SMILES string of the molecule is CCCCCCC/C=C\C/C=C\C/C=C\CCCCCCCCCCCCCCCCCCCCCCCCC(=O)OC(COC(=O)CCCCCCCCCCCCCCCCCC/C=C\C/C=C\C/C=C\CCCCCCC)COC(OCC[N+](C)(C)C)C(=O)O. The highest BCUT2D eigenvalue weighted by Crippen LogP contribution is 2.19. The lowest BCUT2D eigenvalue weighted by Gasteiger charge is -2.25. The molecule has 0 saturated carbocycles. The maximum atomic E-state index is 13.0. The van der Waals surface area contributed by atoms with E-state index in [1.165, 1.54) is 295 Å². The second-order valence-corrected chi connectivity index (χ2v) is 28.4. The average Bonchev–Trinajstić information content (AvgIpc) is 3.73. The summed E-state index contributed by atoms with van der Waals surface area (Å²) in [6, 6.07) is 0. The maximum absolute atomic E-state index is 13.0. The van der Waals surface area contributed by atoms with E-state index in [0.29, 0.717) is 17.4 Å². The second kappa shape index (κ2) is 74.5. The molecule has 0 aliphatic heterocycles. The Balaban J connectivity index is 4.00. The first-order valence-corrected chi connectivity index (χ1v) is 40.1. The summed E-state index contributed by atoms with van der Waals surface area (Å²) in [5.74, 6) is -1.98. The van der Waals surface area contributed by atoms with Gasteiger partial charge in [-0.05, 0) is 89.9 Å². The molecule has 542 valence electrons. The lowest BCUT2D eigenvalue weighted by Crippen LogP contribution is -2.40. The van der Waals surface area contributed by atoms with Crippen molar-refractivity contribution >= 4 is 17.9 Å². The predicted octanol–water partition coefficient (Wildman–Crippen LogP) is 25.6. The topological polar surface area (TPSA) is 108 Å². The van der Waals surface area contributed by atoms with Gasteiger partial charge in [0, 0.05) is 12.8 Å². The number of hydrogen-bond acceptors (Lipinski definition) is 7. The number of esters is 2. The minimum absolute atomic E-state index is 0.179. The summed E-state index contributed by atoms with van der Waals surface area (Å²) in [6.45, 7) is 4.91. The third kappa shape index (κ3) is 76.0. The van der Waals surface area contributed by atoms with Gasteiger partial charge in [0.05, 0.1) is 34.4 Å². The molecule has 1 N–H and O–H groups in total. The highest BCUT2D eigenvalue weighted by molar-refractivity contribution is 5.71. The van der Waals surface area contributed by atoms with E-state index in [4.69, 9.17) is 18.9 Å². The molecule has 0 amide bonds. The molecule has 0 bridgehead atoms. The molecule has 2 atom stereocenters. The average molecular weight is 1310 g/mol. The zero-order valence-electron chi connectivity index (χ0n) is 62.2. The number of rotatable bonds is 75. The van der Waals surface area contributed by atoms with Gasteiger partial charge in [-0.25, -0.2) is 4.79 Å². The van der Waals surface area contributed by atoms with Crippen molar-refractivity contribution in [3.8, 4) is 0 Å². The number of carboxylic acids is 1. The molecule has 0 aromatic heterocycles. The molecule has 0 aromatic carbocycles. The first-order valence-electron chi connectivity index (χ1n) is 40.1. The molecule has 9 heteroatoms. The van der Waals surface area contributed by atoms with Gasteiger partial charge < -0.3 is 28.5 Å². The fourth-order valence-corrected chi connectivity index (χ4v) is 11.8. The van der Waals surface area contributed by atoms with E-state index >= 15 is 0 Å². The van der Waals surface area contributed by atoms with Crippen LogP contribution in [0.25, 0.3) is 0 Å². The van der Waals surface area contributed by atoms with Crippen LogP contribution in [0.5, 0.6) is 0 Å². The monoisotopic (exact) mass is 1310 g/mol. The number of nitrogens with zero attached hydrogens (tertiary/aromatic N) is 1. The summed E-state index contributed by atoms with van der Waals surface area (Å²) in [5, 5.41) is 9.77. The van der Waals surface area contributed by atoms with Crippen LogP contribution in [0.1, 0.15) is 386 Å². The Morgan fingerprint density at radius 3 is 0.860 bits per heavy atom. The van der Waals surface area contributed by atoms with Crippen LogP contribution >= 0.6 is 0 Å². The van der Waals surface area contributed by atoms with E-state index in [1.807, 2.05) is 21.1 Å². The highest BCUT2D eigenvalue weighted by Gasteiger charge is 2.25. The molecule has 0 aromatic rings. The van der Waals surface area contributed by atoms with Crippen molar-refractivity contribution in [1.29, 1.82) is 0 Å². The molecule has 2 unspecified atom stereocenters. The molecule has 0 fully saturated rings. The minimum atomic E-state index is -1.51. The Hall–Kier alpha value is -3.27.